The fourth-order valence-corrected chi connectivity index (χ4v) is 3.69. The van der Waals surface area contributed by atoms with Crippen molar-refractivity contribution in [3.63, 3.8) is 0 Å². The van der Waals surface area contributed by atoms with Crippen LogP contribution in [0.5, 0.6) is 0 Å². The van der Waals surface area contributed by atoms with Gasteiger partial charge in [0.25, 0.3) is 0 Å². The SMILES string of the molecule is CCCN1c2ccccc2Sc2ccc(Br)cc21.CNC. The highest BCUT2D eigenvalue weighted by molar-refractivity contribution is 9.10. The van der Waals surface area contributed by atoms with Gasteiger partial charge in [-0.15, -0.1) is 0 Å². The quantitative estimate of drug-likeness (QED) is 0.778. The zero-order chi connectivity index (χ0) is 15.2. The molecule has 2 aromatic rings. The predicted molar refractivity (Wildman–Crippen MR) is 97.0 cm³/mol. The molecule has 2 nitrogen and oxygen atoms in total. The average molecular weight is 365 g/mol. The summed E-state index contributed by atoms with van der Waals surface area (Å²) in [5.74, 6) is 0. The third-order valence-corrected chi connectivity index (χ3v) is 4.66. The van der Waals surface area contributed by atoms with E-state index < -0.39 is 0 Å². The standard InChI is InChI=1S/C15H14BrNS.C2H7N/c1-2-9-17-12-5-3-4-6-14(12)18-15-8-7-11(16)10-13(15)17;1-3-2/h3-8,10H,2,9H2,1H3;3H,1-2H3. The number of para-hydroxylation sites is 1. The van der Waals surface area contributed by atoms with Gasteiger partial charge in [-0.25, -0.2) is 0 Å². The van der Waals surface area contributed by atoms with Crippen LogP contribution in [0.3, 0.4) is 0 Å². The average Bonchev–Trinajstić information content (AvgIpc) is 2.48. The molecule has 0 spiro atoms. The highest BCUT2D eigenvalue weighted by atomic mass is 79.9. The summed E-state index contributed by atoms with van der Waals surface area (Å²) in [4.78, 5) is 5.11. The Labute approximate surface area is 140 Å². The fourth-order valence-electron chi connectivity index (χ4n) is 2.27. The van der Waals surface area contributed by atoms with Crippen LogP contribution in [0.15, 0.2) is 56.7 Å². The van der Waals surface area contributed by atoms with Gasteiger partial charge in [0.15, 0.2) is 0 Å². The molecule has 0 aromatic heterocycles. The number of hydrogen-bond acceptors (Lipinski definition) is 3. The Balaban J connectivity index is 0.000000497. The summed E-state index contributed by atoms with van der Waals surface area (Å²) in [7, 11) is 3.75. The van der Waals surface area contributed by atoms with Crippen molar-refractivity contribution in [2.45, 2.75) is 23.1 Å². The Morgan fingerprint density at radius 1 is 1.05 bits per heavy atom. The number of nitrogens with one attached hydrogen (secondary N) is 1. The van der Waals surface area contributed by atoms with Crippen LogP contribution in [0, 0.1) is 0 Å². The van der Waals surface area contributed by atoms with Gasteiger partial charge >= 0.3 is 0 Å². The molecule has 1 heterocycles. The molecule has 0 saturated heterocycles. The number of rotatable bonds is 2. The summed E-state index contributed by atoms with van der Waals surface area (Å²) in [6, 6.07) is 15.2. The largest absolute Gasteiger partial charge is 0.340 e. The molecule has 0 amide bonds. The third-order valence-electron chi connectivity index (χ3n) is 3.03. The van der Waals surface area contributed by atoms with Gasteiger partial charge in [-0.3, -0.25) is 0 Å². The molecule has 0 unspecified atom stereocenters. The summed E-state index contributed by atoms with van der Waals surface area (Å²) >= 11 is 5.43. The number of anilines is 2. The first-order valence-electron chi connectivity index (χ1n) is 7.13. The van der Waals surface area contributed by atoms with E-state index in [-0.39, 0.29) is 0 Å². The second-order valence-electron chi connectivity index (χ2n) is 4.83. The van der Waals surface area contributed by atoms with Gasteiger partial charge in [-0.2, -0.15) is 0 Å². The van der Waals surface area contributed by atoms with Gasteiger partial charge in [0.05, 0.1) is 11.4 Å². The minimum absolute atomic E-state index is 1.06. The van der Waals surface area contributed by atoms with E-state index in [1.807, 2.05) is 25.9 Å². The number of benzene rings is 2. The lowest BCUT2D eigenvalue weighted by molar-refractivity contribution is 0.866. The van der Waals surface area contributed by atoms with Crippen LogP contribution in [0.4, 0.5) is 11.4 Å². The van der Waals surface area contributed by atoms with E-state index >= 15 is 0 Å². The van der Waals surface area contributed by atoms with Gasteiger partial charge in [0.2, 0.25) is 0 Å². The fraction of sp³-hybridized carbons (Fsp3) is 0.294. The van der Waals surface area contributed by atoms with E-state index in [0.29, 0.717) is 0 Å². The highest BCUT2D eigenvalue weighted by Crippen LogP contribution is 2.48. The molecule has 21 heavy (non-hydrogen) atoms. The number of halogens is 1. The maximum atomic E-state index is 3.57. The minimum atomic E-state index is 1.06. The van der Waals surface area contributed by atoms with Crippen molar-refractivity contribution in [1.29, 1.82) is 0 Å². The molecular formula is C17H21BrN2S. The zero-order valence-electron chi connectivity index (χ0n) is 12.7. The van der Waals surface area contributed by atoms with Crippen LogP contribution in [-0.4, -0.2) is 20.6 Å². The lowest BCUT2D eigenvalue weighted by atomic mass is 10.2. The second kappa shape index (κ2) is 7.87. The molecule has 0 saturated carbocycles. The lowest BCUT2D eigenvalue weighted by Gasteiger charge is -2.32. The lowest BCUT2D eigenvalue weighted by Crippen LogP contribution is -2.21. The number of hydrogen-bond donors (Lipinski definition) is 1. The highest BCUT2D eigenvalue weighted by Gasteiger charge is 2.22. The topological polar surface area (TPSA) is 15.3 Å². The summed E-state index contributed by atoms with van der Waals surface area (Å²) in [6.45, 7) is 3.28. The number of fused-ring (bicyclic) bond motifs is 2. The van der Waals surface area contributed by atoms with Crippen molar-refractivity contribution >= 4 is 39.1 Å². The smallest absolute Gasteiger partial charge is 0.0564 e. The third kappa shape index (κ3) is 3.82. The van der Waals surface area contributed by atoms with Crippen molar-refractivity contribution in [2.75, 3.05) is 25.5 Å². The first kappa shape index (κ1) is 16.4. The van der Waals surface area contributed by atoms with Crippen LogP contribution in [0.1, 0.15) is 13.3 Å². The predicted octanol–water partition coefficient (Wildman–Crippen LogP) is 5.30. The molecule has 2 aromatic carbocycles. The zero-order valence-corrected chi connectivity index (χ0v) is 15.1. The maximum absolute atomic E-state index is 3.57. The van der Waals surface area contributed by atoms with Crippen molar-refractivity contribution in [3.05, 3.63) is 46.9 Å². The summed E-state index contributed by atoms with van der Waals surface area (Å²) in [6.07, 6.45) is 1.14. The van der Waals surface area contributed by atoms with Crippen molar-refractivity contribution < 1.29 is 0 Å². The van der Waals surface area contributed by atoms with E-state index in [0.717, 1.165) is 17.4 Å². The Bertz CT molecular complexity index is 601. The molecule has 112 valence electrons. The van der Waals surface area contributed by atoms with E-state index in [2.05, 4.69) is 75.5 Å². The molecule has 1 N–H and O–H groups in total. The Kier molecular flexibility index (Phi) is 6.15. The van der Waals surface area contributed by atoms with Crippen LogP contribution < -0.4 is 10.2 Å². The Hall–Kier alpha value is -0.970. The van der Waals surface area contributed by atoms with E-state index in [1.54, 1.807) is 0 Å². The normalized spacial score (nSPS) is 12.1. The van der Waals surface area contributed by atoms with E-state index in [9.17, 15) is 0 Å². The van der Waals surface area contributed by atoms with Crippen molar-refractivity contribution in [1.82, 2.24) is 5.32 Å². The molecule has 3 rings (SSSR count). The summed E-state index contributed by atoms with van der Waals surface area (Å²) < 4.78 is 1.14. The molecule has 0 aliphatic carbocycles. The van der Waals surface area contributed by atoms with E-state index in [4.69, 9.17) is 0 Å². The van der Waals surface area contributed by atoms with Crippen LogP contribution in [0.2, 0.25) is 0 Å². The van der Waals surface area contributed by atoms with Gasteiger partial charge in [-0.05, 0) is 50.8 Å². The molecule has 0 fully saturated rings. The van der Waals surface area contributed by atoms with Gasteiger partial charge in [0.1, 0.15) is 0 Å². The molecule has 0 atom stereocenters. The Morgan fingerprint density at radius 3 is 2.43 bits per heavy atom. The first-order valence-corrected chi connectivity index (χ1v) is 8.74. The number of nitrogens with zero attached hydrogens (tertiary/aromatic N) is 1. The van der Waals surface area contributed by atoms with Gasteiger partial charge < -0.3 is 10.2 Å². The van der Waals surface area contributed by atoms with Gasteiger partial charge in [-0.1, -0.05) is 46.7 Å². The second-order valence-corrected chi connectivity index (χ2v) is 6.83. The molecule has 1 aliphatic rings. The molecule has 0 bridgehead atoms. The molecule has 1 aliphatic heterocycles. The van der Waals surface area contributed by atoms with Gasteiger partial charge in [0, 0.05) is 20.8 Å². The molecular weight excluding hydrogens is 344 g/mol. The van der Waals surface area contributed by atoms with Crippen molar-refractivity contribution in [2.24, 2.45) is 0 Å². The maximum Gasteiger partial charge on any atom is 0.0564 e. The van der Waals surface area contributed by atoms with Crippen LogP contribution in [0.25, 0.3) is 0 Å². The first-order chi connectivity index (χ1) is 10.2. The van der Waals surface area contributed by atoms with Crippen molar-refractivity contribution in [3.8, 4) is 0 Å². The molecule has 0 radical (unpaired) electrons. The van der Waals surface area contributed by atoms with Crippen LogP contribution in [-0.2, 0) is 0 Å². The van der Waals surface area contributed by atoms with E-state index in [1.165, 1.54) is 21.2 Å². The summed E-state index contributed by atoms with van der Waals surface area (Å²) in [5.41, 5.74) is 2.64. The monoisotopic (exact) mass is 364 g/mol. The summed E-state index contributed by atoms with van der Waals surface area (Å²) in [5, 5.41) is 2.75. The Morgan fingerprint density at radius 2 is 1.71 bits per heavy atom. The molecule has 4 heteroatoms. The van der Waals surface area contributed by atoms with Crippen LogP contribution >= 0.6 is 27.7 Å². The minimum Gasteiger partial charge on any atom is -0.340 e.